The van der Waals surface area contributed by atoms with Crippen molar-refractivity contribution in [3.63, 3.8) is 0 Å². The molecule has 0 N–H and O–H groups in total. The lowest BCUT2D eigenvalue weighted by atomic mass is 9.63. The second kappa shape index (κ2) is 13.5. The van der Waals surface area contributed by atoms with E-state index in [1.165, 1.54) is 40.6 Å². The predicted molar refractivity (Wildman–Crippen MR) is 245 cm³/mol. The van der Waals surface area contributed by atoms with Crippen molar-refractivity contribution in [2.75, 3.05) is 0 Å². The second-order valence-electron chi connectivity index (χ2n) is 17.6. The van der Waals surface area contributed by atoms with Crippen molar-refractivity contribution >= 4 is 43.5 Å². The second-order valence-corrected chi connectivity index (χ2v) is 17.6. The van der Waals surface area contributed by atoms with E-state index >= 15 is 0 Å². The van der Waals surface area contributed by atoms with Gasteiger partial charge in [0.15, 0.2) is 17.5 Å². The zero-order valence-corrected chi connectivity index (χ0v) is 34.1. The van der Waals surface area contributed by atoms with Crippen molar-refractivity contribution in [1.29, 1.82) is 0 Å². The summed E-state index contributed by atoms with van der Waals surface area (Å²) in [4.78, 5) is 15.5. The standard InChI is InChI=1S/C55H42FN3O/c1-54(2)26-27-55(3,4)47-31-38(22-25-46(47)54)36-11-9-12-37(28-36)40-30-45(50-43-14-7-8-15-48(43)60-49(50)32-40)53-58-51(35-20-23-41(56)24-21-35)57-52(59-53)39-19-18-34-17-16-33-10-5-6-13-42(33)44(34)29-39/h5-25,28-32H,26-27H2,1-4H3. The molecule has 0 spiro atoms. The van der Waals surface area contributed by atoms with Crippen LogP contribution in [0.5, 0.6) is 0 Å². The Kier molecular flexibility index (Phi) is 8.15. The quantitative estimate of drug-likeness (QED) is 0.163. The summed E-state index contributed by atoms with van der Waals surface area (Å²) < 4.78 is 20.9. The van der Waals surface area contributed by atoms with Crippen molar-refractivity contribution in [1.82, 2.24) is 15.0 Å². The van der Waals surface area contributed by atoms with Gasteiger partial charge in [-0.3, -0.25) is 0 Å². The Bertz CT molecular complexity index is 3340. The lowest BCUT2D eigenvalue weighted by Crippen LogP contribution is -2.33. The van der Waals surface area contributed by atoms with Crippen LogP contribution in [0.15, 0.2) is 162 Å². The first kappa shape index (κ1) is 36.1. The Hall–Kier alpha value is -6.98. The summed E-state index contributed by atoms with van der Waals surface area (Å²) in [5, 5.41) is 6.48. The van der Waals surface area contributed by atoms with Crippen molar-refractivity contribution in [2.24, 2.45) is 0 Å². The van der Waals surface area contributed by atoms with Gasteiger partial charge in [0.05, 0.1) is 0 Å². The van der Waals surface area contributed by atoms with E-state index < -0.39 is 0 Å². The average molecular weight is 780 g/mol. The number of para-hydroxylation sites is 1. The van der Waals surface area contributed by atoms with Gasteiger partial charge in [-0.2, -0.15) is 0 Å². The Labute approximate surface area is 348 Å². The van der Waals surface area contributed by atoms with Crippen LogP contribution in [0.1, 0.15) is 51.7 Å². The Morgan fingerprint density at radius 1 is 0.433 bits per heavy atom. The minimum absolute atomic E-state index is 0.108. The Morgan fingerprint density at radius 2 is 1.03 bits per heavy atom. The van der Waals surface area contributed by atoms with Crippen molar-refractivity contribution < 1.29 is 8.81 Å². The fourth-order valence-corrected chi connectivity index (χ4v) is 9.34. The molecule has 0 amide bonds. The summed E-state index contributed by atoms with van der Waals surface area (Å²) in [6.07, 6.45) is 2.35. The molecule has 2 heterocycles. The number of hydrogen-bond acceptors (Lipinski definition) is 4. The normalized spacial score (nSPS) is 14.6. The third kappa shape index (κ3) is 6.07. The average Bonchev–Trinajstić information content (AvgIpc) is 3.66. The molecule has 5 heteroatoms. The largest absolute Gasteiger partial charge is 0.456 e. The maximum atomic E-state index is 14.3. The molecule has 1 aliphatic carbocycles. The molecule has 2 aromatic heterocycles. The van der Waals surface area contributed by atoms with Gasteiger partial charge < -0.3 is 4.42 Å². The zero-order chi connectivity index (χ0) is 40.8. The predicted octanol–water partition coefficient (Wildman–Crippen LogP) is 14.9. The summed E-state index contributed by atoms with van der Waals surface area (Å²) in [7, 11) is 0. The third-order valence-corrected chi connectivity index (χ3v) is 12.8. The number of furan rings is 1. The molecule has 60 heavy (non-hydrogen) atoms. The van der Waals surface area contributed by atoms with Gasteiger partial charge in [-0.1, -0.05) is 131 Å². The van der Waals surface area contributed by atoms with Crippen LogP contribution < -0.4 is 0 Å². The zero-order valence-electron chi connectivity index (χ0n) is 34.1. The van der Waals surface area contributed by atoms with Crippen molar-refractivity contribution in [3.8, 4) is 56.4 Å². The van der Waals surface area contributed by atoms with E-state index in [0.717, 1.165) is 72.3 Å². The molecule has 0 radical (unpaired) electrons. The molecule has 10 aromatic rings. The van der Waals surface area contributed by atoms with Crippen LogP contribution >= 0.6 is 0 Å². The first-order valence-corrected chi connectivity index (χ1v) is 20.7. The molecular formula is C55H42FN3O. The molecule has 0 bridgehead atoms. The summed E-state index contributed by atoms with van der Waals surface area (Å²) in [6.45, 7) is 9.49. The highest BCUT2D eigenvalue weighted by Crippen LogP contribution is 2.47. The third-order valence-electron chi connectivity index (χ3n) is 12.8. The van der Waals surface area contributed by atoms with Gasteiger partial charge in [-0.15, -0.1) is 0 Å². The lowest BCUT2D eigenvalue weighted by molar-refractivity contribution is 0.332. The van der Waals surface area contributed by atoms with Gasteiger partial charge in [0.25, 0.3) is 0 Å². The molecule has 0 aliphatic heterocycles. The SMILES string of the molecule is CC1(C)CCC(C)(C)c2cc(-c3cccc(-c4cc(-c5nc(-c6ccc(F)cc6)nc(-c6ccc7ccc8ccccc8c7c6)n5)c5c(c4)oc4ccccc45)c3)ccc21. The first-order chi connectivity index (χ1) is 29.1. The van der Waals surface area contributed by atoms with Crippen LogP contribution in [0, 0.1) is 5.82 Å². The van der Waals surface area contributed by atoms with E-state index in [-0.39, 0.29) is 16.6 Å². The molecule has 0 atom stereocenters. The molecule has 0 fully saturated rings. The smallest absolute Gasteiger partial charge is 0.164 e. The highest BCUT2D eigenvalue weighted by atomic mass is 19.1. The van der Waals surface area contributed by atoms with Crippen LogP contribution in [0.25, 0.3) is 99.9 Å². The monoisotopic (exact) mass is 779 g/mol. The van der Waals surface area contributed by atoms with Gasteiger partial charge in [0, 0.05) is 27.5 Å². The molecule has 8 aromatic carbocycles. The maximum absolute atomic E-state index is 14.3. The lowest BCUT2D eigenvalue weighted by Gasteiger charge is -2.42. The van der Waals surface area contributed by atoms with Gasteiger partial charge in [-0.05, 0) is 133 Å². The van der Waals surface area contributed by atoms with E-state index in [9.17, 15) is 4.39 Å². The number of nitrogens with zero attached hydrogens (tertiary/aromatic N) is 3. The molecule has 0 unspecified atom stereocenters. The number of benzene rings is 8. The highest BCUT2D eigenvalue weighted by Gasteiger charge is 2.37. The summed E-state index contributed by atoms with van der Waals surface area (Å²) in [5.41, 5.74) is 11.5. The van der Waals surface area contributed by atoms with Gasteiger partial charge in [-0.25, -0.2) is 19.3 Å². The molecule has 4 nitrogen and oxygen atoms in total. The van der Waals surface area contributed by atoms with E-state index in [1.807, 2.05) is 18.2 Å². The minimum atomic E-state index is -0.320. The topological polar surface area (TPSA) is 51.8 Å². The molecule has 290 valence electrons. The molecule has 0 saturated heterocycles. The molecular weight excluding hydrogens is 738 g/mol. The fraction of sp³-hybridized carbons (Fsp3) is 0.145. The maximum Gasteiger partial charge on any atom is 0.164 e. The van der Waals surface area contributed by atoms with E-state index in [1.54, 1.807) is 12.1 Å². The van der Waals surface area contributed by atoms with E-state index in [2.05, 4.69) is 143 Å². The summed E-state index contributed by atoms with van der Waals surface area (Å²) >= 11 is 0. The summed E-state index contributed by atoms with van der Waals surface area (Å²) in [6, 6.07) is 53.7. The van der Waals surface area contributed by atoms with Crippen LogP contribution in [0.4, 0.5) is 4.39 Å². The van der Waals surface area contributed by atoms with Crippen molar-refractivity contribution in [2.45, 2.75) is 51.4 Å². The van der Waals surface area contributed by atoms with Crippen LogP contribution in [-0.2, 0) is 10.8 Å². The number of fused-ring (bicyclic) bond motifs is 7. The molecule has 0 saturated carbocycles. The number of hydrogen-bond donors (Lipinski definition) is 0. The molecule has 1 aliphatic rings. The van der Waals surface area contributed by atoms with Crippen LogP contribution in [-0.4, -0.2) is 15.0 Å². The Morgan fingerprint density at radius 3 is 1.83 bits per heavy atom. The van der Waals surface area contributed by atoms with Gasteiger partial charge in [0.2, 0.25) is 0 Å². The van der Waals surface area contributed by atoms with Crippen molar-refractivity contribution in [3.05, 3.63) is 175 Å². The molecule has 11 rings (SSSR count). The summed E-state index contributed by atoms with van der Waals surface area (Å²) in [5.74, 6) is 1.17. The minimum Gasteiger partial charge on any atom is -0.456 e. The van der Waals surface area contributed by atoms with E-state index in [4.69, 9.17) is 19.4 Å². The number of halogens is 1. The Balaban J connectivity index is 1.12. The number of rotatable bonds is 5. The highest BCUT2D eigenvalue weighted by molar-refractivity contribution is 6.13. The van der Waals surface area contributed by atoms with Gasteiger partial charge >= 0.3 is 0 Å². The van der Waals surface area contributed by atoms with E-state index in [0.29, 0.717) is 23.0 Å². The van der Waals surface area contributed by atoms with Gasteiger partial charge in [0.1, 0.15) is 17.0 Å². The van der Waals surface area contributed by atoms with Crippen LogP contribution in [0.3, 0.4) is 0 Å². The fourth-order valence-electron chi connectivity index (χ4n) is 9.34. The first-order valence-electron chi connectivity index (χ1n) is 20.7. The van der Waals surface area contributed by atoms with Crippen LogP contribution in [0.2, 0.25) is 0 Å². The number of aromatic nitrogens is 3.